The Balaban J connectivity index is 1.96. The molecule has 4 aromatic rings. The highest BCUT2D eigenvalue weighted by molar-refractivity contribution is 5.81. The van der Waals surface area contributed by atoms with Gasteiger partial charge in [-0.15, -0.1) is 0 Å². The van der Waals surface area contributed by atoms with E-state index in [1.807, 2.05) is 19.3 Å². The van der Waals surface area contributed by atoms with Crippen molar-refractivity contribution in [1.29, 1.82) is 0 Å². The molecule has 0 unspecified atom stereocenters. The number of benzene rings is 2. The molecule has 4 rings (SSSR count). The Morgan fingerprint density at radius 2 is 1.83 bits per heavy atom. The van der Waals surface area contributed by atoms with Gasteiger partial charge in [0.2, 0.25) is 0 Å². The van der Waals surface area contributed by atoms with Gasteiger partial charge in [0.05, 0.1) is 28.4 Å². The van der Waals surface area contributed by atoms with Gasteiger partial charge in [-0.3, -0.25) is 4.79 Å². The quantitative estimate of drug-likeness (QED) is 0.485. The van der Waals surface area contributed by atoms with E-state index in [0.717, 1.165) is 22.5 Å². The molecule has 0 spiro atoms. The van der Waals surface area contributed by atoms with Crippen LogP contribution in [0.25, 0.3) is 22.3 Å². The molecule has 0 saturated carbocycles. The summed E-state index contributed by atoms with van der Waals surface area (Å²) in [5, 5.41) is 4.57. The number of alkyl halides is 3. The van der Waals surface area contributed by atoms with Gasteiger partial charge >= 0.3 is 6.18 Å². The van der Waals surface area contributed by atoms with Gasteiger partial charge in [-0.05, 0) is 36.4 Å². The van der Waals surface area contributed by atoms with E-state index in [1.165, 1.54) is 18.3 Å². The number of hydrogen-bond donors (Lipinski definition) is 0. The second kappa shape index (κ2) is 7.05. The molecule has 146 valence electrons. The van der Waals surface area contributed by atoms with Crippen LogP contribution >= 0.6 is 0 Å². The topological polar surface area (TPSA) is 52.2 Å². The number of nitrogens with zero attached hydrogens (tertiary/aromatic N) is 4. The van der Waals surface area contributed by atoms with Crippen molar-refractivity contribution in [1.82, 2.24) is 14.2 Å². The fourth-order valence-electron chi connectivity index (χ4n) is 2.98. The molecule has 2 aromatic carbocycles. The third-order valence-electron chi connectivity index (χ3n) is 4.49. The summed E-state index contributed by atoms with van der Waals surface area (Å²) in [5.74, 6) is 0.0326. The molecule has 0 bridgehead atoms. The third kappa shape index (κ3) is 3.56. The van der Waals surface area contributed by atoms with Crippen molar-refractivity contribution in [2.45, 2.75) is 6.18 Å². The standard InChI is InChI=1S/C21H15F3N4O/c1-27-11-5-8-16(27)13-25-28-19(14-6-4-7-15(12-14)21(22,23)24)26-18-10-3-2-9-17(18)20(28)29/h2-13H,1H3. The van der Waals surface area contributed by atoms with E-state index >= 15 is 0 Å². The number of fused-ring (bicyclic) bond motifs is 1. The molecule has 0 aliphatic rings. The van der Waals surface area contributed by atoms with Crippen LogP contribution in [0.3, 0.4) is 0 Å². The lowest BCUT2D eigenvalue weighted by atomic mass is 10.1. The van der Waals surface area contributed by atoms with Gasteiger partial charge in [-0.2, -0.15) is 22.9 Å². The molecule has 29 heavy (non-hydrogen) atoms. The summed E-state index contributed by atoms with van der Waals surface area (Å²) in [6.45, 7) is 0. The first-order chi connectivity index (χ1) is 13.8. The second-order valence-electron chi connectivity index (χ2n) is 6.44. The molecule has 2 aromatic heterocycles. The SMILES string of the molecule is Cn1cccc1C=Nn1c(-c2cccc(C(F)(F)F)c2)nc2ccccc2c1=O. The van der Waals surface area contributed by atoms with Crippen LogP contribution in [-0.2, 0) is 13.2 Å². The highest BCUT2D eigenvalue weighted by Gasteiger charge is 2.30. The summed E-state index contributed by atoms with van der Waals surface area (Å²) in [6, 6.07) is 15.0. The normalized spacial score (nSPS) is 12.1. The van der Waals surface area contributed by atoms with Gasteiger partial charge in [-0.1, -0.05) is 24.3 Å². The summed E-state index contributed by atoms with van der Waals surface area (Å²) < 4.78 is 42.4. The largest absolute Gasteiger partial charge is 0.416 e. The van der Waals surface area contributed by atoms with Crippen molar-refractivity contribution >= 4 is 17.1 Å². The summed E-state index contributed by atoms with van der Waals surface area (Å²) >= 11 is 0. The average Bonchev–Trinajstić information content (AvgIpc) is 3.11. The second-order valence-corrected chi connectivity index (χ2v) is 6.44. The molecular formula is C21H15F3N4O. The highest BCUT2D eigenvalue weighted by Crippen LogP contribution is 2.31. The Morgan fingerprint density at radius 1 is 1.03 bits per heavy atom. The van der Waals surface area contributed by atoms with Crippen molar-refractivity contribution in [3.63, 3.8) is 0 Å². The lowest BCUT2D eigenvalue weighted by Gasteiger charge is -2.12. The van der Waals surface area contributed by atoms with Gasteiger partial charge in [0.25, 0.3) is 5.56 Å². The monoisotopic (exact) mass is 396 g/mol. The fraction of sp³-hybridized carbons (Fsp3) is 0.0952. The third-order valence-corrected chi connectivity index (χ3v) is 4.49. The molecule has 0 aliphatic heterocycles. The number of halogens is 3. The number of aryl methyl sites for hydroxylation is 1. The van der Waals surface area contributed by atoms with E-state index in [4.69, 9.17) is 0 Å². The predicted molar refractivity (Wildman–Crippen MR) is 105 cm³/mol. The molecule has 0 N–H and O–H groups in total. The van der Waals surface area contributed by atoms with Crippen LogP contribution in [0.1, 0.15) is 11.3 Å². The number of para-hydroxylation sites is 1. The van der Waals surface area contributed by atoms with Gasteiger partial charge < -0.3 is 4.57 Å². The zero-order chi connectivity index (χ0) is 20.6. The van der Waals surface area contributed by atoms with E-state index in [0.29, 0.717) is 10.9 Å². The maximum atomic E-state index is 13.2. The van der Waals surface area contributed by atoms with Gasteiger partial charge in [0, 0.05) is 18.8 Å². The molecule has 0 amide bonds. The lowest BCUT2D eigenvalue weighted by molar-refractivity contribution is -0.137. The van der Waals surface area contributed by atoms with E-state index in [2.05, 4.69) is 10.1 Å². The predicted octanol–water partition coefficient (Wildman–Crippen LogP) is 4.30. The van der Waals surface area contributed by atoms with E-state index < -0.39 is 17.3 Å². The molecule has 0 fully saturated rings. The molecule has 8 heteroatoms. The molecular weight excluding hydrogens is 381 g/mol. The van der Waals surface area contributed by atoms with Crippen LogP contribution < -0.4 is 5.56 Å². The number of aromatic nitrogens is 3. The van der Waals surface area contributed by atoms with E-state index in [9.17, 15) is 18.0 Å². The zero-order valence-corrected chi connectivity index (χ0v) is 15.3. The smallest absolute Gasteiger partial charge is 0.350 e. The van der Waals surface area contributed by atoms with Crippen molar-refractivity contribution < 1.29 is 13.2 Å². The Hall–Kier alpha value is -3.68. The van der Waals surface area contributed by atoms with Gasteiger partial charge in [-0.25, -0.2) is 4.98 Å². The van der Waals surface area contributed by atoms with Crippen LogP contribution in [0, 0.1) is 0 Å². The van der Waals surface area contributed by atoms with Crippen LogP contribution in [0.4, 0.5) is 13.2 Å². The maximum Gasteiger partial charge on any atom is 0.416 e. The molecule has 0 saturated heterocycles. The van der Waals surface area contributed by atoms with Crippen LogP contribution in [0.15, 0.2) is 76.8 Å². The number of rotatable bonds is 3. The summed E-state index contributed by atoms with van der Waals surface area (Å²) in [5.41, 5.74) is -0.0363. The van der Waals surface area contributed by atoms with E-state index in [1.54, 1.807) is 34.9 Å². The van der Waals surface area contributed by atoms with Gasteiger partial charge in [0.1, 0.15) is 0 Å². The van der Waals surface area contributed by atoms with E-state index in [-0.39, 0.29) is 11.4 Å². The summed E-state index contributed by atoms with van der Waals surface area (Å²) in [6.07, 6.45) is -1.23. The zero-order valence-electron chi connectivity index (χ0n) is 15.3. The fourth-order valence-corrected chi connectivity index (χ4v) is 2.98. The van der Waals surface area contributed by atoms with Crippen LogP contribution in [0.5, 0.6) is 0 Å². The summed E-state index contributed by atoms with van der Waals surface area (Å²) in [4.78, 5) is 17.5. The first kappa shape index (κ1) is 18.7. The highest BCUT2D eigenvalue weighted by atomic mass is 19.4. The van der Waals surface area contributed by atoms with Crippen molar-refractivity contribution in [2.75, 3.05) is 0 Å². The molecule has 2 heterocycles. The minimum absolute atomic E-state index is 0.0326. The minimum Gasteiger partial charge on any atom is -0.350 e. The first-order valence-corrected chi connectivity index (χ1v) is 8.70. The molecule has 0 radical (unpaired) electrons. The lowest BCUT2D eigenvalue weighted by Crippen LogP contribution is -2.20. The van der Waals surface area contributed by atoms with Crippen LogP contribution in [0.2, 0.25) is 0 Å². The minimum atomic E-state index is -4.51. The van der Waals surface area contributed by atoms with Crippen molar-refractivity contribution in [3.8, 4) is 11.4 Å². The Morgan fingerprint density at radius 3 is 2.55 bits per heavy atom. The number of hydrogen-bond acceptors (Lipinski definition) is 3. The maximum absolute atomic E-state index is 13.2. The Kier molecular flexibility index (Phi) is 4.54. The molecule has 0 atom stereocenters. The molecule has 5 nitrogen and oxygen atoms in total. The summed E-state index contributed by atoms with van der Waals surface area (Å²) in [7, 11) is 1.82. The van der Waals surface area contributed by atoms with Crippen molar-refractivity contribution in [2.24, 2.45) is 12.1 Å². The average molecular weight is 396 g/mol. The van der Waals surface area contributed by atoms with Crippen molar-refractivity contribution in [3.05, 3.63) is 88.5 Å². The first-order valence-electron chi connectivity index (χ1n) is 8.70. The Bertz CT molecular complexity index is 1290. The van der Waals surface area contributed by atoms with Crippen LogP contribution in [-0.4, -0.2) is 20.4 Å². The molecule has 0 aliphatic carbocycles. The van der Waals surface area contributed by atoms with Gasteiger partial charge in [0.15, 0.2) is 5.82 Å². The Labute approximate surface area is 163 Å².